The van der Waals surface area contributed by atoms with Crippen LogP contribution in [0.5, 0.6) is 0 Å². The van der Waals surface area contributed by atoms with Crippen molar-refractivity contribution < 1.29 is 4.79 Å². The minimum atomic E-state index is 0.148. The molecule has 1 aliphatic heterocycles. The van der Waals surface area contributed by atoms with Gasteiger partial charge in [0.25, 0.3) is 0 Å². The van der Waals surface area contributed by atoms with Crippen LogP contribution in [0.2, 0.25) is 0 Å². The van der Waals surface area contributed by atoms with E-state index in [1.165, 1.54) is 0 Å². The Bertz CT molecular complexity index is 383. The van der Waals surface area contributed by atoms with Gasteiger partial charge in [0.1, 0.15) is 5.78 Å². The van der Waals surface area contributed by atoms with Gasteiger partial charge in [0, 0.05) is 43.7 Å². The number of rotatable bonds is 1. The molecule has 0 bridgehead atoms. The fraction of sp³-hybridized carbons (Fsp3) is 0.636. The van der Waals surface area contributed by atoms with Crippen LogP contribution in [0.15, 0.2) is 6.20 Å². The lowest BCUT2D eigenvalue weighted by Gasteiger charge is -2.27. The molecule has 0 radical (unpaired) electrons. The van der Waals surface area contributed by atoms with Crippen LogP contribution in [0.25, 0.3) is 0 Å². The molecule has 0 spiro atoms. The zero-order valence-electron chi connectivity index (χ0n) is 9.45. The van der Waals surface area contributed by atoms with E-state index in [-0.39, 0.29) is 12.1 Å². The smallest absolute Gasteiger partial charge is 0.136 e. The largest absolute Gasteiger partial charge is 0.306 e. The van der Waals surface area contributed by atoms with Gasteiger partial charge in [-0.1, -0.05) is 0 Å². The van der Waals surface area contributed by atoms with Gasteiger partial charge < -0.3 is 5.32 Å². The first-order valence-electron chi connectivity index (χ1n) is 5.34. The van der Waals surface area contributed by atoms with Crippen molar-refractivity contribution in [3.63, 3.8) is 0 Å². The number of hydrogen-bond acceptors (Lipinski definition) is 3. The minimum Gasteiger partial charge on any atom is -0.306 e. The van der Waals surface area contributed by atoms with Gasteiger partial charge in [0.2, 0.25) is 0 Å². The number of nitrogens with one attached hydrogen (secondary N) is 1. The van der Waals surface area contributed by atoms with Crippen molar-refractivity contribution in [2.45, 2.75) is 38.8 Å². The lowest BCUT2D eigenvalue weighted by molar-refractivity contribution is -0.121. The van der Waals surface area contributed by atoms with E-state index >= 15 is 0 Å². The van der Waals surface area contributed by atoms with Crippen LogP contribution in [-0.2, 0) is 11.8 Å². The number of aryl methyl sites for hydroxylation is 2. The number of carbonyl (C=O) groups excluding carboxylic acids is 1. The van der Waals surface area contributed by atoms with Crippen LogP contribution >= 0.6 is 0 Å². The van der Waals surface area contributed by atoms with Crippen LogP contribution in [0, 0.1) is 6.92 Å². The first kappa shape index (κ1) is 10.4. The first-order chi connectivity index (χ1) is 7.06. The second-order valence-electron chi connectivity index (χ2n) is 4.41. The number of nitrogens with zero attached hydrogens (tertiary/aromatic N) is 2. The topological polar surface area (TPSA) is 46.9 Å². The number of piperidine rings is 1. The first-order valence-corrected chi connectivity index (χ1v) is 5.34. The Balaban J connectivity index is 2.23. The van der Waals surface area contributed by atoms with Gasteiger partial charge in [-0.2, -0.15) is 5.10 Å². The van der Waals surface area contributed by atoms with Crippen LogP contribution < -0.4 is 5.32 Å². The van der Waals surface area contributed by atoms with E-state index in [1.54, 1.807) is 4.68 Å². The van der Waals surface area contributed by atoms with Gasteiger partial charge in [-0.25, -0.2) is 0 Å². The Labute approximate surface area is 89.7 Å². The molecule has 4 heteroatoms. The Morgan fingerprint density at radius 1 is 1.53 bits per heavy atom. The Hall–Kier alpha value is -1.16. The lowest BCUT2D eigenvalue weighted by Crippen LogP contribution is -2.39. The second kappa shape index (κ2) is 3.77. The average molecular weight is 207 g/mol. The SMILES string of the molecule is Cc1nn(C)cc1C1CC(=O)CC(C)N1. The van der Waals surface area contributed by atoms with Crippen molar-refractivity contribution in [2.24, 2.45) is 7.05 Å². The predicted octanol–water partition coefficient (Wildman–Crippen LogP) is 1.11. The summed E-state index contributed by atoms with van der Waals surface area (Å²) in [7, 11) is 1.91. The van der Waals surface area contributed by atoms with Crippen molar-refractivity contribution >= 4 is 5.78 Å². The highest BCUT2D eigenvalue weighted by Gasteiger charge is 2.26. The summed E-state index contributed by atoms with van der Waals surface area (Å²) in [6.07, 6.45) is 3.24. The van der Waals surface area contributed by atoms with Crippen molar-refractivity contribution in [3.8, 4) is 0 Å². The van der Waals surface area contributed by atoms with Gasteiger partial charge in [-0.15, -0.1) is 0 Å². The quantitative estimate of drug-likeness (QED) is 0.750. The molecule has 15 heavy (non-hydrogen) atoms. The maximum absolute atomic E-state index is 11.5. The third kappa shape index (κ3) is 2.09. The van der Waals surface area contributed by atoms with E-state index in [0.29, 0.717) is 18.6 Å². The maximum Gasteiger partial charge on any atom is 0.136 e. The summed E-state index contributed by atoms with van der Waals surface area (Å²) >= 11 is 0. The Kier molecular flexibility index (Phi) is 2.61. The van der Waals surface area contributed by atoms with Gasteiger partial charge in [-0.05, 0) is 13.8 Å². The third-order valence-electron chi connectivity index (χ3n) is 2.88. The molecule has 0 amide bonds. The van der Waals surface area contributed by atoms with E-state index < -0.39 is 0 Å². The van der Waals surface area contributed by atoms with Crippen molar-refractivity contribution in [3.05, 3.63) is 17.5 Å². The van der Waals surface area contributed by atoms with Crippen LogP contribution in [0.1, 0.15) is 37.1 Å². The van der Waals surface area contributed by atoms with Gasteiger partial charge in [-0.3, -0.25) is 9.48 Å². The standard InChI is InChI=1S/C11H17N3O/c1-7-4-9(15)5-11(12-7)10-6-14(3)13-8(10)2/h6-7,11-12H,4-5H2,1-3H3. The van der Waals surface area contributed by atoms with E-state index in [0.717, 1.165) is 11.3 Å². The molecule has 82 valence electrons. The number of hydrogen-bond donors (Lipinski definition) is 1. The predicted molar refractivity (Wildman–Crippen MR) is 57.5 cm³/mol. The second-order valence-corrected chi connectivity index (χ2v) is 4.41. The van der Waals surface area contributed by atoms with E-state index in [2.05, 4.69) is 17.3 Å². The number of Topliss-reactive ketones (excluding diaryl/α,β-unsaturated/α-hetero) is 1. The van der Waals surface area contributed by atoms with Gasteiger partial charge >= 0.3 is 0 Å². The number of aromatic nitrogens is 2. The number of carbonyl (C=O) groups is 1. The molecule has 1 fully saturated rings. The van der Waals surface area contributed by atoms with Gasteiger partial charge in [0.05, 0.1) is 5.69 Å². The van der Waals surface area contributed by atoms with Crippen LogP contribution in [-0.4, -0.2) is 21.6 Å². The normalized spacial score (nSPS) is 27.0. The minimum absolute atomic E-state index is 0.148. The van der Waals surface area contributed by atoms with Crippen molar-refractivity contribution in [1.82, 2.24) is 15.1 Å². The molecule has 2 atom stereocenters. The molecule has 0 saturated carbocycles. The molecule has 1 aromatic heterocycles. The average Bonchev–Trinajstić information content (AvgIpc) is 2.43. The molecule has 1 saturated heterocycles. The third-order valence-corrected chi connectivity index (χ3v) is 2.88. The van der Waals surface area contributed by atoms with E-state index in [4.69, 9.17) is 0 Å². The molecular weight excluding hydrogens is 190 g/mol. The molecule has 1 N–H and O–H groups in total. The summed E-state index contributed by atoms with van der Waals surface area (Å²) in [6.45, 7) is 4.04. The van der Waals surface area contributed by atoms with Gasteiger partial charge in [0.15, 0.2) is 0 Å². The molecule has 2 rings (SSSR count). The highest BCUT2D eigenvalue weighted by molar-refractivity contribution is 5.80. The summed E-state index contributed by atoms with van der Waals surface area (Å²) in [5.74, 6) is 0.342. The fourth-order valence-corrected chi connectivity index (χ4v) is 2.27. The molecule has 0 aliphatic carbocycles. The fourth-order valence-electron chi connectivity index (χ4n) is 2.27. The Morgan fingerprint density at radius 2 is 2.27 bits per heavy atom. The molecule has 4 nitrogen and oxygen atoms in total. The van der Waals surface area contributed by atoms with Crippen LogP contribution in [0.3, 0.4) is 0 Å². The lowest BCUT2D eigenvalue weighted by atomic mass is 9.93. The summed E-state index contributed by atoms with van der Waals surface area (Å²) in [5, 5.41) is 7.74. The van der Waals surface area contributed by atoms with Crippen LogP contribution in [0.4, 0.5) is 0 Å². The van der Waals surface area contributed by atoms with E-state index in [9.17, 15) is 4.79 Å². The van der Waals surface area contributed by atoms with Crippen molar-refractivity contribution in [2.75, 3.05) is 0 Å². The molecule has 2 heterocycles. The molecule has 0 aromatic carbocycles. The Morgan fingerprint density at radius 3 is 2.80 bits per heavy atom. The summed E-state index contributed by atoms with van der Waals surface area (Å²) in [5.41, 5.74) is 2.16. The summed E-state index contributed by atoms with van der Waals surface area (Å²) in [6, 6.07) is 0.422. The maximum atomic E-state index is 11.5. The monoisotopic (exact) mass is 207 g/mol. The zero-order chi connectivity index (χ0) is 11.0. The molecule has 2 unspecified atom stereocenters. The highest BCUT2D eigenvalue weighted by Crippen LogP contribution is 2.25. The molecule has 1 aliphatic rings. The molecule has 1 aromatic rings. The van der Waals surface area contributed by atoms with E-state index in [1.807, 2.05) is 20.2 Å². The number of ketones is 1. The van der Waals surface area contributed by atoms with Crippen molar-refractivity contribution in [1.29, 1.82) is 0 Å². The zero-order valence-corrected chi connectivity index (χ0v) is 9.45. The summed E-state index contributed by atoms with van der Waals surface area (Å²) in [4.78, 5) is 11.5. The summed E-state index contributed by atoms with van der Waals surface area (Å²) < 4.78 is 1.80. The molecular formula is C11H17N3O. The highest BCUT2D eigenvalue weighted by atomic mass is 16.1.